The lowest BCUT2D eigenvalue weighted by molar-refractivity contribution is -0.138. The molecule has 1 unspecified atom stereocenters. The van der Waals surface area contributed by atoms with Crippen LogP contribution < -0.4 is 14.2 Å². The summed E-state index contributed by atoms with van der Waals surface area (Å²) in [6, 6.07) is 12.4. The second-order valence-corrected chi connectivity index (χ2v) is 5.05. The van der Waals surface area contributed by atoms with Crippen molar-refractivity contribution in [1.82, 2.24) is 0 Å². The Balaban J connectivity index is 2.30. The van der Waals surface area contributed by atoms with Crippen LogP contribution in [0.15, 0.2) is 42.5 Å². The Morgan fingerprint density at radius 3 is 2.09 bits per heavy atom. The maximum absolute atomic E-state index is 11.7. The zero-order chi connectivity index (χ0) is 16.8. The van der Waals surface area contributed by atoms with Crippen LogP contribution in [0.4, 0.5) is 0 Å². The smallest absolute Gasteiger partial charge is 0.311 e. The van der Waals surface area contributed by atoms with Crippen molar-refractivity contribution in [2.75, 3.05) is 21.3 Å². The highest BCUT2D eigenvalue weighted by atomic mass is 16.5. The number of carboxylic acid groups (broad SMARTS) is 1. The minimum absolute atomic E-state index is 0.328. The summed E-state index contributed by atoms with van der Waals surface area (Å²) in [4.78, 5) is 11.7. The van der Waals surface area contributed by atoms with Gasteiger partial charge < -0.3 is 19.3 Å². The molecule has 1 atom stereocenters. The third-order valence-electron chi connectivity index (χ3n) is 3.73. The third kappa shape index (κ3) is 3.94. The van der Waals surface area contributed by atoms with Gasteiger partial charge in [-0.05, 0) is 35.7 Å². The maximum Gasteiger partial charge on any atom is 0.311 e. The van der Waals surface area contributed by atoms with E-state index >= 15 is 0 Å². The molecule has 0 aliphatic heterocycles. The van der Waals surface area contributed by atoms with Crippen molar-refractivity contribution in [1.29, 1.82) is 0 Å². The van der Waals surface area contributed by atoms with Gasteiger partial charge in [-0.25, -0.2) is 0 Å². The van der Waals surface area contributed by atoms with E-state index in [9.17, 15) is 9.90 Å². The van der Waals surface area contributed by atoms with Gasteiger partial charge in [0.2, 0.25) is 0 Å². The Kier molecular flexibility index (Phi) is 5.46. The van der Waals surface area contributed by atoms with E-state index in [1.807, 2.05) is 6.07 Å². The fourth-order valence-corrected chi connectivity index (χ4v) is 2.42. The Hall–Kier alpha value is -2.69. The number of hydrogen-bond acceptors (Lipinski definition) is 4. The lowest BCUT2D eigenvalue weighted by Crippen LogP contribution is -2.15. The number of hydrogen-bond donors (Lipinski definition) is 1. The molecule has 0 saturated heterocycles. The van der Waals surface area contributed by atoms with Gasteiger partial charge in [-0.3, -0.25) is 4.79 Å². The van der Waals surface area contributed by atoms with Gasteiger partial charge in [-0.2, -0.15) is 0 Å². The SMILES string of the molecule is COc1ccc(C(Cc2ccc(OC)cc2OC)C(=O)O)cc1. The molecule has 2 aromatic carbocycles. The molecular weight excluding hydrogens is 296 g/mol. The van der Waals surface area contributed by atoms with Gasteiger partial charge >= 0.3 is 5.97 Å². The Morgan fingerprint density at radius 2 is 1.57 bits per heavy atom. The molecule has 5 nitrogen and oxygen atoms in total. The molecule has 2 aromatic rings. The zero-order valence-electron chi connectivity index (χ0n) is 13.4. The topological polar surface area (TPSA) is 65.0 Å². The van der Waals surface area contributed by atoms with Gasteiger partial charge in [0, 0.05) is 6.07 Å². The van der Waals surface area contributed by atoms with E-state index in [0.717, 1.165) is 11.1 Å². The molecule has 122 valence electrons. The molecule has 0 radical (unpaired) electrons. The Labute approximate surface area is 135 Å². The second kappa shape index (κ2) is 7.54. The number of carboxylic acids is 1. The minimum atomic E-state index is -0.881. The van der Waals surface area contributed by atoms with Gasteiger partial charge in [-0.1, -0.05) is 18.2 Å². The van der Waals surface area contributed by atoms with Crippen LogP contribution in [0.25, 0.3) is 0 Å². The van der Waals surface area contributed by atoms with Crippen molar-refractivity contribution < 1.29 is 24.1 Å². The molecule has 0 amide bonds. The van der Waals surface area contributed by atoms with E-state index in [-0.39, 0.29) is 0 Å². The van der Waals surface area contributed by atoms with Crippen molar-refractivity contribution >= 4 is 5.97 Å². The zero-order valence-corrected chi connectivity index (χ0v) is 13.4. The Morgan fingerprint density at radius 1 is 0.957 bits per heavy atom. The molecule has 5 heteroatoms. The summed E-state index contributed by atoms with van der Waals surface area (Å²) in [7, 11) is 4.71. The van der Waals surface area contributed by atoms with Crippen LogP contribution in [0.3, 0.4) is 0 Å². The van der Waals surface area contributed by atoms with Crippen molar-refractivity contribution in [3.8, 4) is 17.2 Å². The van der Waals surface area contributed by atoms with Gasteiger partial charge in [0.05, 0.1) is 27.2 Å². The number of methoxy groups -OCH3 is 3. The van der Waals surface area contributed by atoms with Crippen LogP contribution in [0.1, 0.15) is 17.0 Å². The summed E-state index contributed by atoms with van der Waals surface area (Å²) >= 11 is 0. The molecule has 2 rings (SSSR count). The summed E-state index contributed by atoms with van der Waals surface area (Å²) in [5.74, 6) is 0.433. The molecular formula is C18H20O5. The molecule has 0 aromatic heterocycles. The summed E-state index contributed by atoms with van der Waals surface area (Å²) in [6.45, 7) is 0. The predicted molar refractivity (Wildman–Crippen MR) is 86.6 cm³/mol. The minimum Gasteiger partial charge on any atom is -0.497 e. The van der Waals surface area contributed by atoms with Gasteiger partial charge in [0.15, 0.2) is 0 Å². The first-order chi connectivity index (χ1) is 11.1. The number of carbonyl (C=O) groups is 1. The summed E-state index contributed by atoms with van der Waals surface area (Å²) in [5, 5.41) is 9.58. The predicted octanol–water partition coefficient (Wildman–Crippen LogP) is 3.12. The first-order valence-electron chi connectivity index (χ1n) is 7.16. The number of aliphatic carboxylic acids is 1. The Bertz CT molecular complexity index is 664. The van der Waals surface area contributed by atoms with Crippen LogP contribution >= 0.6 is 0 Å². The van der Waals surface area contributed by atoms with Crippen LogP contribution in [-0.4, -0.2) is 32.4 Å². The first-order valence-corrected chi connectivity index (χ1v) is 7.16. The van der Waals surface area contributed by atoms with Gasteiger partial charge in [-0.15, -0.1) is 0 Å². The fourth-order valence-electron chi connectivity index (χ4n) is 2.42. The number of ether oxygens (including phenoxy) is 3. The molecule has 0 heterocycles. The van der Waals surface area contributed by atoms with Crippen molar-refractivity contribution in [3.05, 3.63) is 53.6 Å². The van der Waals surface area contributed by atoms with E-state index in [0.29, 0.717) is 23.7 Å². The van der Waals surface area contributed by atoms with Gasteiger partial charge in [0.25, 0.3) is 0 Å². The molecule has 1 N–H and O–H groups in total. The molecule has 0 aliphatic rings. The third-order valence-corrected chi connectivity index (χ3v) is 3.73. The standard InChI is InChI=1S/C18H20O5/c1-21-14-7-4-12(5-8-14)16(18(19)20)10-13-6-9-15(22-2)11-17(13)23-3/h4-9,11,16H,10H2,1-3H3,(H,19,20). The van der Waals surface area contributed by atoms with Crippen LogP contribution in [0.2, 0.25) is 0 Å². The average molecular weight is 316 g/mol. The molecule has 0 saturated carbocycles. The molecule has 23 heavy (non-hydrogen) atoms. The van der Waals surface area contributed by atoms with E-state index in [1.54, 1.807) is 57.7 Å². The molecule has 0 bridgehead atoms. The second-order valence-electron chi connectivity index (χ2n) is 5.05. The number of benzene rings is 2. The van der Waals surface area contributed by atoms with E-state index in [1.165, 1.54) is 0 Å². The van der Waals surface area contributed by atoms with Crippen LogP contribution in [0.5, 0.6) is 17.2 Å². The molecule has 0 aliphatic carbocycles. The van der Waals surface area contributed by atoms with Crippen LogP contribution in [-0.2, 0) is 11.2 Å². The highest BCUT2D eigenvalue weighted by Crippen LogP contribution is 2.30. The lowest BCUT2D eigenvalue weighted by Gasteiger charge is -2.16. The maximum atomic E-state index is 11.7. The van der Waals surface area contributed by atoms with Gasteiger partial charge in [0.1, 0.15) is 17.2 Å². The van der Waals surface area contributed by atoms with Crippen molar-refractivity contribution in [2.45, 2.75) is 12.3 Å². The molecule has 0 fully saturated rings. The summed E-state index contributed by atoms with van der Waals surface area (Å²) in [5.41, 5.74) is 1.53. The summed E-state index contributed by atoms with van der Waals surface area (Å²) < 4.78 is 15.6. The van der Waals surface area contributed by atoms with E-state index in [4.69, 9.17) is 14.2 Å². The first kappa shape index (κ1) is 16.7. The highest BCUT2D eigenvalue weighted by Gasteiger charge is 2.22. The van der Waals surface area contributed by atoms with Crippen LogP contribution in [0, 0.1) is 0 Å². The monoisotopic (exact) mass is 316 g/mol. The van der Waals surface area contributed by atoms with Crippen molar-refractivity contribution in [3.63, 3.8) is 0 Å². The quantitative estimate of drug-likeness (QED) is 0.850. The summed E-state index contributed by atoms with van der Waals surface area (Å²) in [6.07, 6.45) is 0.328. The van der Waals surface area contributed by atoms with E-state index in [2.05, 4.69) is 0 Å². The lowest BCUT2D eigenvalue weighted by atomic mass is 9.91. The highest BCUT2D eigenvalue weighted by molar-refractivity contribution is 5.76. The largest absolute Gasteiger partial charge is 0.497 e. The van der Waals surface area contributed by atoms with E-state index < -0.39 is 11.9 Å². The molecule has 0 spiro atoms. The normalized spacial score (nSPS) is 11.6. The van der Waals surface area contributed by atoms with Crippen molar-refractivity contribution in [2.24, 2.45) is 0 Å². The fraction of sp³-hybridized carbons (Fsp3) is 0.278. The average Bonchev–Trinajstić information content (AvgIpc) is 2.59. The number of rotatable bonds is 7.